The summed E-state index contributed by atoms with van der Waals surface area (Å²) in [6.07, 6.45) is 6.34. The molecule has 1 aromatic carbocycles. The minimum atomic E-state index is 0.657. The van der Waals surface area contributed by atoms with Crippen molar-refractivity contribution < 1.29 is 0 Å². The monoisotopic (exact) mass is 295 g/mol. The van der Waals surface area contributed by atoms with Gasteiger partial charge in [0.05, 0.1) is 0 Å². The summed E-state index contributed by atoms with van der Waals surface area (Å²) in [5.74, 6) is 0.838. The van der Waals surface area contributed by atoms with Crippen LogP contribution in [0.4, 0.5) is 5.95 Å². The number of imidazole rings is 1. The van der Waals surface area contributed by atoms with Crippen molar-refractivity contribution in [3.8, 4) is 0 Å². The molecule has 100 valence electrons. The number of rotatable bonds is 6. The van der Waals surface area contributed by atoms with E-state index in [-0.39, 0.29) is 0 Å². The number of aryl methyl sites for hydroxylation is 2. The Morgan fingerprint density at radius 2 is 2.21 bits per heavy atom. The predicted octanol–water partition coefficient (Wildman–Crippen LogP) is 4.03. The molecule has 1 heterocycles. The molecule has 1 N–H and O–H groups in total. The largest absolute Gasteiger partial charge is 0.352 e. The molecule has 0 unspecified atom stereocenters. The second-order valence-electron chi connectivity index (χ2n) is 4.10. The van der Waals surface area contributed by atoms with E-state index >= 15 is 0 Å². The SMILES string of the molecule is C=CCNc1nccn1CCc1ccc(Cl)cc1Cl. The summed E-state index contributed by atoms with van der Waals surface area (Å²) in [6, 6.07) is 5.58. The molecule has 2 rings (SSSR count). The van der Waals surface area contributed by atoms with E-state index in [0.717, 1.165) is 24.5 Å². The maximum Gasteiger partial charge on any atom is 0.203 e. The van der Waals surface area contributed by atoms with Gasteiger partial charge in [-0.25, -0.2) is 4.98 Å². The molecule has 0 aliphatic rings. The van der Waals surface area contributed by atoms with Crippen molar-refractivity contribution in [1.29, 1.82) is 0 Å². The number of halogens is 2. The summed E-state index contributed by atoms with van der Waals surface area (Å²) in [7, 11) is 0. The molecule has 0 aliphatic heterocycles. The second kappa shape index (κ2) is 6.64. The predicted molar refractivity (Wildman–Crippen MR) is 81.1 cm³/mol. The van der Waals surface area contributed by atoms with Gasteiger partial charge in [-0.2, -0.15) is 0 Å². The molecule has 3 nitrogen and oxygen atoms in total. The van der Waals surface area contributed by atoms with Crippen molar-refractivity contribution in [3.05, 3.63) is 58.9 Å². The van der Waals surface area contributed by atoms with E-state index in [1.807, 2.05) is 18.3 Å². The molecule has 0 radical (unpaired) electrons. The highest BCUT2D eigenvalue weighted by molar-refractivity contribution is 6.35. The average Bonchev–Trinajstić information content (AvgIpc) is 2.83. The zero-order valence-corrected chi connectivity index (χ0v) is 12.0. The van der Waals surface area contributed by atoms with Gasteiger partial charge < -0.3 is 9.88 Å². The van der Waals surface area contributed by atoms with Crippen LogP contribution in [-0.4, -0.2) is 16.1 Å². The van der Waals surface area contributed by atoms with E-state index in [1.54, 1.807) is 18.3 Å². The van der Waals surface area contributed by atoms with Crippen molar-refractivity contribution in [1.82, 2.24) is 9.55 Å². The average molecular weight is 296 g/mol. The lowest BCUT2D eigenvalue weighted by molar-refractivity contribution is 0.701. The Kier molecular flexibility index (Phi) is 4.88. The minimum Gasteiger partial charge on any atom is -0.352 e. The standard InChI is InChI=1S/C14H15Cl2N3/c1-2-6-17-14-18-7-9-19(14)8-5-11-3-4-12(15)10-13(11)16/h2-4,7,9-10H,1,5-6,8H2,(H,17,18). The first-order valence-corrected chi connectivity index (χ1v) is 6.76. The molecular weight excluding hydrogens is 281 g/mol. The van der Waals surface area contributed by atoms with Crippen LogP contribution in [-0.2, 0) is 13.0 Å². The van der Waals surface area contributed by atoms with Crippen LogP contribution in [0, 0.1) is 0 Å². The first-order chi connectivity index (χ1) is 9.20. The van der Waals surface area contributed by atoms with Gasteiger partial charge in [0.15, 0.2) is 0 Å². The van der Waals surface area contributed by atoms with Gasteiger partial charge in [0.2, 0.25) is 5.95 Å². The number of hydrogen-bond donors (Lipinski definition) is 1. The molecular formula is C14H15Cl2N3. The molecule has 5 heteroatoms. The Morgan fingerprint density at radius 1 is 1.37 bits per heavy atom. The summed E-state index contributed by atoms with van der Waals surface area (Å²) in [6.45, 7) is 5.17. The van der Waals surface area contributed by atoms with Crippen molar-refractivity contribution in [3.63, 3.8) is 0 Å². The fourth-order valence-corrected chi connectivity index (χ4v) is 2.29. The van der Waals surface area contributed by atoms with E-state index < -0.39 is 0 Å². The second-order valence-corrected chi connectivity index (χ2v) is 4.94. The van der Waals surface area contributed by atoms with Gasteiger partial charge >= 0.3 is 0 Å². The lowest BCUT2D eigenvalue weighted by Crippen LogP contribution is -2.08. The van der Waals surface area contributed by atoms with Gasteiger partial charge in [-0.05, 0) is 24.1 Å². The van der Waals surface area contributed by atoms with Crippen LogP contribution in [0.1, 0.15) is 5.56 Å². The topological polar surface area (TPSA) is 29.9 Å². The van der Waals surface area contributed by atoms with Crippen LogP contribution < -0.4 is 5.32 Å². The maximum atomic E-state index is 6.15. The summed E-state index contributed by atoms with van der Waals surface area (Å²) < 4.78 is 2.05. The Labute approximate surface area is 122 Å². The Hall–Kier alpha value is -1.45. The zero-order valence-electron chi connectivity index (χ0n) is 10.4. The van der Waals surface area contributed by atoms with Crippen molar-refractivity contribution in [2.24, 2.45) is 0 Å². The van der Waals surface area contributed by atoms with Gasteiger partial charge in [0.25, 0.3) is 0 Å². The fraction of sp³-hybridized carbons (Fsp3) is 0.214. The molecule has 1 aromatic heterocycles. The number of nitrogens with zero attached hydrogens (tertiary/aromatic N) is 2. The lowest BCUT2D eigenvalue weighted by Gasteiger charge is -2.09. The third-order valence-corrected chi connectivity index (χ3v) is 3.34. The Balaban J connectivity index is 2.02. The van der Waals surface area contributed by atoms with Crippen LogP contribution in [0.15, 0.2) is 43.2 Å². The molecule has 0 amide bonds. The Morgan fingerprint density at radius 3 is 2.95 bits per heavy atom. The third kappa shape index (κ3) is 3.75. The van der Waals surface area contributed by atoms with Crippen LogP contribution in [0.5, 0.6) is 0 Å². The van der Waals surface area contributed by atoms with Crippen LogP contribution >= 0.6 is 23.2 Å². The molecule has 0 fully saturated rings. The smallest absolute Gasteiger partial charge is 0.203 e. The summed E-state index contributed by atoms with van der Waals surface area (Å²) >= 11 is 12.0. The molecule has 0 saturated heterocycles. The van der Waals surface area contributed by atoms with E-state index in [2.05, 4.69) is 21.4 Å². The van der Waals surface area contributed by atoms with Gasteiger partial charge in [-0.3, -0.25) is 0 Å². The highest BCUT2D eigenvalue weighted by Gasteiger charge is 2.04. The molecule has 0 aliphatic carbocycles. The molecule has 0 spiro atoms. The van der Waals surface area contributed by atoms with Gasteiger partial charge in [0, 0.05) is 35.5 Å². The van der Waals surface area contributed by atoms with Crippen LogP contribution in [0.3, 0.4) is 0 Å². The van der Waals surface area contributed by atoms with E-state index in [9.17, 15) is 0 Å². The number of anilines is 1. The molecule has 0 atom stereocenters. The van der Waals surface area contributed by atoms with E-state index in [0.29, 0.717) is 16.6 Å². The summed E-state index contributed by atoms with van der Waals surface area (Å²) in [5.41, 5.74) is 1.08. The van der Waals surface area contributed by atoms with Crippen molar-refractivity contribution >= 4 is 29.2 Å². The van der Waals surface area contributed by atoms with Gasteiger partial charge in [-0.1, -0.05) is 35.3 Å². The zero-order chi connectivity index (χ0) is 13.7. The molecule has 2 aromatic rings. The van der Waals surface area contributed by atoms with Crippen molar-refractivity contribution in [2.75, 3.05) is 11.9 Å². The van der Waals surface area contributed by atoms with Crippen LogP contribution in [0.2, 0.25) is 10.0 Å². The van der Waals surface area contributed by atoms with E-state index in [4.69, 9.17) is 23.2 Å². The van der Waals surface area contributed by atoms with Gasteiger partial charge in [-0.15, -0.1) is 6.58 Å². The van der Waals surface area contributed by atoms with E-state index in [1.165, 1.54) is 0 Å². The van der Waals surface area contributed by atoms with Gasteiger partial charge in [0.1, 0.15) is 0 Å². The first-order valence-electron chi connectivity index (χ1n) is 6.00. The normalized spacial score (nSPS) is 10.4. The summed E-state index contributed by atoms with van der Waals surface area (Å²) in [4.78, 5) is 4.25. The highest BCUT2D eigenvalue weighted by Crippen LogP contribution is 2.22. The maximum absolute atomic E-state index is 6.15. The number of benzene rings is 1. The minimum absolute atomic E-state index is 0.657. The number of hydrogen-bond acceptors (Lipinski definition) is 2. The number of aromatic nitrogens is 2. The fourth-order valence-electron chi connectivity index (χ4n) is 1.79. The Bertz CT molecular complexity index is 564. The number of nitrogens with one attached hydrogen (secondary N) is 1. The molecule has 0 bridgehead atoms. The first kappa shape index (κ1) is 14.0. The highest BCUT2D eigenvalue weighted by atomic mass is 35.5. The van der Waals surface area contributed by atoms with Crippen molar-refractivity contribution in [2.45, 2.75) is 13.0 Å². The van der Waals surface area contributed by atoms with Crippen LogP contribution in [0.25, 0.3) is 0 Å². The summed E-state index contributed by atoms with van der Waals surface area (Å²) in [5, 5.41) is 4.54. The molecule has 0 saturated carbocycles. The lowest BCUT2D eigenvalue weighted by atomic mass is 10.1. The quantitative estimate of drug-likeness (QED) is 0.816. The molecule has 19 heavy (non-hydrogen) atoms. The third-order valence-electron chi connectivity index (χ3n) is 2.76.